The van der Waals surface area contributed by atoms with Crippen molar-refractivity contribution >= 4 is 42.0 Å². The van der Waals surface area contributed by atoms with Crippen molar-refractivity contribution in [2.45, 2.75) is 67.7 Å². The number of aromatic amines is 3. The van der Waals surface area contributed by atoms with E-state index >= 15 is 0 Å². The van der Waals surface area contributed by atoms with Crippen LogP contribution in [-0.2, 0) is 25.5 Å². The highest BCUT2D eigenvalue weighted by Gasteiger charge is 2.38. The molecule has 244 valence electrons. The van der Waals surface area contributed by atoms with Crippen molar-refractivity contribution in [2.75, 3.05) is 14.2 Å². The zero-order chi connectivity index (χ0) is 33.4. The molecule has 0 saturated carbocycles. The van der Waals surface area contributed by atoms with Crippen LogP contribution in [0.1, 0.15) is 89.8 Å². The van der Waals surface area contributed by atoms with Crippen LogP contribution in [0, 0.1) is 45.4 Å². The zero-order valence-corrected chi connectivity index (χ0v) is 28.2. The number of carbonyl (C=O) groups is 2. The molecule has 46 heavy (non-hydrogen) atoms. The standard InChI is InChI=1S/C36H45N5O5/c1-10-23-19(4)28-15-31-25(16-37-44)21(6)27(39-31)13-29-20(5)24(11-12-32(42)45-8)35(41-29)33(22(7)36(43)46-9)34-18(3)17(2)26(40-34)14-30(23)38-28/h13-16,20,22,24,38-41,44H,10-12H2,1-9H3. The van der Waals surface area contributed by atoms with Gasteiger partial charge in [-0.15, -0.1) is 0 Å². The first-order valence-corrected chi connectivity index (χ1v) is 15.8. The second kappa shape index (κ2) is 12.9. The normalized spacial score (nSPS) is 18.2. The Labute approximate surface area is 269 Å². The number of carbonyl (C=O) groups excluding carboxylic acids is 2. The van der Waals surface area contributed by atoms with E-state index in [1.54, 1.807) is 0 Å². The van der Waals surface area contributed by atoms with Crippen molar-refractivity contribution in [1.29, 1.82) is 0 Å². The van der Waals surface area contributed by atoms with E-state index in [4.69, 9.17) is 9.47 Å². The van der Waals surface area contributed by atoms with Crippen LogP contribution in [0.25, 0.3) is 23.8 Å². The lowest BCUT2D eigenvalue weighted by Gasteiger charge is -2.22. The molecule has 0 aromatic carbocycles. The molecule has 1 saturated heterocycles. The highest BCUT2D eigenvalue weighted by molar-refractivity contribution is 5.91. The predicted molar refractivity (Wildman–Crippen MR) is 180 cm³/mol. The van der Waals surface area contributed by atoms with Crippen LogP contribution in [0.4, 0.5) is 0 Å². The van der Waals surface area contributed by atoms with Crippen LogP contribution >= 0.6 is 0 Å². The Balaban J connectivity index is 1.91. The monoisotopic (exact) mass is 627 g/mol. The SMILES string of the molecule is CCc1c(C)c2[nH]c1=Cc1[nH]c(c(C)c1C)C(C(C)C(=O)OC)=C1NC(=Cc3[nH]c(c(C=NO)c3C)C=2)C(C)C1CCC(=O)OC. The van der Waals surface area contributed by atoms with Crippen LogP contribution < -0.4 is 16.0 Å². The largest absolute Gasteiger partial charge is 0.469 e. The van der Waals surface area contributed by atoms with Gasteiger partial charge in [0, 0.05) is 74.3 Å². The van der Waals surface area contributed by atoms with E-state index in [1.807, 2.05) is 13.8 Å². The fourth-order valence-corrected chi connectivity index (χ4v) is 7.02. The van der Waals surface area contributed by atoms with Gasteiger partial charge in [-0.2, -0.15) is 0 Å². The Bertz CT molecular complexity index is 1920. The number of fused-ring (bicyclic) bond motifs is 8. The second-order valence-electron chi connectivity index (χ2n) is 12.4. The number of hydrogen-bond donors (Lipinski definition) is 5. The molecule has 5 N–H and O–H groups in total. The summed E-state index contributed by atoms with van der Waals surface area (Å²) in [6.45, 7) is 14.4. The third-order valence-corrected chi connectivity index (χ3v) is 10.0. The maximum Gasteiger partial charge on any atom is 0.312 e. The molecule has 8 bridgehead atoms. The fraction of sp³-hybridized carbons (Fsp3) is 0.417. The molecule has 5 rings (SSSR count). The molecule has 10 heteroatoms. The van der Waals surface area contributed by atoms with Gasteiger partial charge in [-0.3, -0.25) is 9.59 Å². The van der Waals surface area contributed by atoms with Crippen LogP contribution in [0.3, 0.4) is 0 Å². The van der Waals surface area contributed by atoms with Gasteiger partial charge < -0.3 is 34.9 Å². The summed E-state index contributed by atoms with van der Waals surface area (Å²) in [5.74, 6) is -1.37. The lowest BCUT2D eigenvalue weighted by atomic mass is 9.83. The minimum Gasteiger partial charge on any atom is -0.469 e. The van der Waals surface area contributed by atoms with E-state index in [1.165, 1.54) is 26.0 Å². The molecule has 0 radical (unpaired) electrons. The summed E-state index contributed by atoms with van der Waals surface area (Å²) in [5.41, 5.74) is 12.3. The minimum absolute atomic E-state index is 0.0254. The Morgan fingerprint density at radius 3 is 2.28 bits per heavy atom. The highest BCUT2D eigenvalue weighted by atomic mass is 16.5. The van der Waals surface area contributed by atoms with Crippen LogP contribution in [0.2, 0.25) is 0 Å². The lowest BCUT2D eigenvalue weighted by Crippen LogP contribution is -2.21. The smallest absolute Gasteiger partial charge is 0.312 e. The number of ether oxygens (including phenoxy) is 2. The summed E-state index contributed by atoms with van der Waals surface area (Å²) < 4.78 is 10.3. The fourth-order valence-electron chi connectivity index (χ4n) is 7.02. The first-order valence-electron chi connectivity index (χ1n) is 15.8. The van der Waals surface area contributed by atoms with Crippen molar-refractivity contribution in [3.63, 3.8) is 0 Å². The lowest BCUT2D eigenvalue weighted by molar-refractivity contribution is -0.143. The molecular formula is C36H45N5O5. The van der Waals surface area contributed by atoms with E-state index in [0.29, 0.717) is 6.42 Å². The van der Waals surface area contributed by atoms with Crippen molar-refractivity contribution in [3.8, 4) is 0 Å². The van der Waals surface area contributed by atoms with Gasteiger partial charge in [0.25, 0.3) is 0 Å². The van der Waals surface area contributed by atoms with Gasteiger partial charge in [-0.05, 0) is 93.5 Å². The number of hydrogen-bond acceptors (Lipinski definition) is 7. The summed E-state index contributed by atoms with van der Waals surface area (Å²) in [5, 5.41) is 18.6. The number of methoxy groups -OCH3 is 2. The molecule has 0 spiro atoms. The first-order chi connectivity index (χ1) is 21.9. The van der Waals surface area contributed by atoms with Gasteiger partial charge in [0.15, 0.2) is 0 Å². The van der Waals surface area contributed by atoms with Gasteiger partial charge in [0.2, 0.25) is 0 Å². The number of rotatable bonds is 7. The van der Waals surface area contributed by atoms with E-state index < -0.39 is 5.92 Å². The quantitative estimate of drug-likeness (QED) is 0.112. The van der Waals surface area contributed by atoms with Crippen molar-refractivity contribution in [2.24, 2.45) is 22.9 Å². The number of oxime groups is 1. The summed E-state index contributed by atoms with van der Waals surface area (Å²) in [7, 11) is 2.80. The number of nitrogens with zero attached hydrogens (tertiary/aromatic N) is 1. The van der Waals surface area contributed by atoms with Crippen molar-refractivity contribution < 1.29 is 24.3 Å². The predicted octanol–water partition coefficient (Wildman–Crippen LogP) is 4.62. The summed E-state index contributed by atoms with van der Waals surface area (Å²) in [6, 6.07) is 0. The summed E-state index contributed by atoms with van der Waals surface area (Å²) >= 11 is 0. The van der Waals surface area contributed by atoms with Gasteiger partial charge >= 0.3 is 11.9 Å². The van der Waals surface area contributed by atoms with Crippen molar-refractivity contribution in [3.05, 3.63) is 78.2 Å². The summed E-state index contributed by atoms with van der Waals surface area (Å²) in [6.07, 6.45) is 9.32. The Morgan fingerprint density at radius 1 is 0.935 bits per heavy atom. The number of esters is 2. The van der Waals surface area contributed by atoms with E-state index in [0.717, 1.165) is 84.7 Å². The van der Waals surface area contributed by atoms with Crippen molar-refractivity contribution in [1.82, 2.24) is 20.3 Å². The maximum absolute atomic E-state index is 13.2. The molecule has 2 aliphatic heterocycles. The molecule has 3 unspecified atom stereocenters. The minimum atomic E-state index is -0.602. The molecular weight excluding hydrogens is 582 g/mol. The molecule has 3 atom stereocenters. The number of nitrogens with one attached hydrogen (secondary N) is 4. The van der Waals surface area contributed by atoms with Crippen LogP contribution in [-0.4, -0.2) is 52.5 Å². The third-order valence-electron chi connectivity index (χ3n) is 10.0. The highest BCUT2D eigenvalue weighted by Crippen LogP contribution is 2.44. The van der Waals surface area contributed by atoms with Crippen LogP contribution in [0.5, 0.6) is 0 Å². The molecule has 3 aromatic rings. The van der Waals surface area contributed by atoms with Gasteiger partial charge in [0.05, 0.1) is 26.4 Å². The van der Waals surface area contributed by atoms with E-state index in [9.17, 15) is 14.8 Å². The topological polar surface area (TPSA) is 145 Å². The molecule has 0 aliphatic carbocycles. The average Bonchev–Trinajstić information content (AvgIpc) is 3.70. The molecule has 10 nitrogen and oxygen atoms in total. The Hall–Kier alpha value is -4.73. The van der Waals surface area contributed by atoms with Gasteiger partial charge in [-0.1, -0.05) is 19.0 Å². The molecule has 1 fully saturated rings. The number of H-pyrrole nitrogens is 3. The van der Waals surface area contributed by atoms with E-state index in [2.05, 4.69) is 78.3 Å². The maximum atomic E-state index is 13.2. The molecule has 3 aromatic heterocycles. The Kier molecular flexibility index (Phi) is 9.19. The third kappa shape index (κ3) is 5.61. The zero-order valence-electron chi connectivity index (χ0n) is 28.2. The molecule has 0 amide bonds. The van der Waals surface area contributed by atoms with Crippen LogP contribution in [0.15, 0.2) is 16.5 Å². The second-order valence-corrected chi connectivity index (χ2v) is 12.4. The molecule has 2 aliphatic rings. The van der Waals surface area contributed by atoms with E-state index in [-0.39, 0.29) is 30.2 Å². The first kappa shape index (κ1) is 32.7. The number of aromatic nitrogens is 3. The Morgan fingerprint density at radius 2 is 1.63 bits per heavy atom. The average molecular weight is 628 g/mol. The molecule has 5 heterocycles. The van der Waals surface area contributed by atoms with Gasteiger partial charge in [0.1, 0.15) is 0 Å². The van der Waals surface area contributed by atoms with Gasteiger partial charge in [-0.25, -0.2) is 0 Å². The summed E-state index contributed by atoms with van der Waals surface area (Å²) in [4.78, 5) is 36.5. The number of allylic oxidation sites excluding steroid dienone is 2.